The van der Waals surface area contributed by atoms with Gasteiger partial charge in [0.15, 0.2) is 0 Å². The normalized spacial score (nSPS) is 22.8. The average molecular weight is 249 g/mol. The highest BCUT2D eigenvalue weighted by molar-refractivity contribution is 5.85. The van der Waals surface area contributed by atoms with Crippen LogP contribution in [0.15, 0.2) is 0 Å². The first-order chi connectivity index (χ1) is 6.80. The highest BCUT2D eigenvalue weighted by Crippen LogP contribution is 2.28. The third-order valence-electron chi connectivity index (χ3n) is 3.54. The summed E-state index contributed by atoms with van der Waals surface area (Å²) in [6.07, 6.45) is 1.60. The largest absolute Gasteiger partial charge is 0.341 e. The van der Waals surface area contributed by atoms with E-state index in [2.05, 4.69) is 27.7 Å². The summed E-state index contributed by atoms with van der Waals surface area (Å²) in [5, 5.41) is 0. The second-order valence-electron chi connectivity index (χ2n) is 5.86. The van der Waals surface area contributed by atoms with Crippen LogP contribution in [0.25, 0.3) is 0 Å². The SMILES string of the molecule is CC(CC(=O)N1CC[C@@H](N)C1)C(C)(C)C.Cl. The van der Waals surface area contributed by atoms with Crippen molar-refractivity contribution in [1.82, 2.24) is 4.90 Å². The van der Waals surface area contributed by atoms with E-state index in [0.29, 0.717) is 12.3 Å². The molecule has 0 radical (unpaired) electrons. The summed E-state index contributed by atoms with van der Waals surface area (Å²) in [4.78, 5) is 13.8. The Labute approximate surface area is 105 Å². The molecule has 0 spiro atoms. The van der Waals surface area contributed by atoms with Crippen LogP contribution in [0.5, 0.6) is 0 Å². The number of halogens is 1. The van der Waals surface area contributed by atoms with Gasteiger partial charge in [-0.25, -0.2) is 0 Å². The van der Waals surface area contributed by atoms with Crippen LogP contribution in [0.4, 0.5) is 0 Å². The molecule has 0 saturated carbocycles. The van der Waals surface area contributed by atoms with Crippen molar-refractivity contribution in [2.24, 2.45) is 17.1 Å². The molecular formula is C12H25ClN2O. The Morgan fingerprint density at radius 1 is 1.50 bits per heavy atom. The fourth-order valence-corrected chi connectivity index (χ4v) is 1.71. The summed E-state index contributed by atoms with van der Waals surface area (Å²) < 4.78 is 0. The maximum absolute atomic E-state index is 11.9. The summed E-state index contributed by atoms with van der Waals surface area (Å²) in [5.41, 5.74) is 5.99. The summed E-state index contributed by atoms with van der Waals surface area (Å²) in [7, 11) is 0. The third-order valence-corrected chi connectivity index (χ3v) is 3.54. The molecule has 1 amide bonds. The zero-order chi connectivity index (χ0) is 11.6. The quantitative estimate of drug-likeness (QED) is 0.813. The summed E-state index contributed by atoms with van der Waals surface area (Å²) in [5.74, 6) is 0.687. The minimum Gasteiger partial charge on any atom is -0.341 e. The molecule has 1 rings (SSSR count). The molecule has 0 aromatic rings. The lowest BCUT2D eigenvalue weighted by Gasteiger charge is -2.28. The molecule has 1 fully saturated rings. The van der Waals surface area contributed by atoms with Crippen molar-refractivity contribution in [1.29, 1.82) is 0 Å². The van der Waals surface area contributed by atoms with Gasteiger partial charge in [-0.15, -0.1) is 12.4 Å². The second kappa shape index (κ2) is 5.87. The summed E-state index contributed by atoms with van der Waals surface area (Å²) in [6.45, 7) is 10.3. The Kier molecular flexibility index (Phi) is 5.77. The van der Waals surface area contributed by atoms with Crippen molar-refractivity contribution in [2.75, 3.05) is 13.1 Å². The van der Waals surface area contributed by atoms with Crippen LogP contribution in [0, 0.1) is 11.3 Å². The lowest BCUT2D eigenvalue weighted by atomic mass is 9.80. The molecule has 1 saturated heterocycles. The molecule has 16 heavy (non-hydrogen) atoms. The van der Waals surface area contributed by atoms with Crippen LogP contribution < -0.4 is 5.73 Å². The van der Waals surface area contributed by atoms with Gasteiger partial charge in [-0.2, -0.15) is 0 Å². The minimum absolute atomic E-state index is 0. The number of hydrogen-bond acceptors (Lipinski definition) is 2. The summed E-state index contributed by atoms with van der Waals surface area (Å²) in [6, 6.07) is 0.193. The zero-order valence-corrected chi connectivity index (χ0v) is 11.6. The predicted molar refractivity (Wildman–Crippen MR) is 69.7 cm³/mol. The molecule has 96 valence electrons. The van der Waals surface area contributed by atoms with Gasteiger partial charge in [0.05, 0.1) is 0 Å². The van der Waals surface area contributed by atoms with Crippen LogP contribution in [-0.4, -0.2) is 29.9 Å². The number of nitrogens with zero attached hydrogens (tertiary/aromatic N) is 1. The monoisotopic (exact) mass is 248 g/mol. The van der Waals surface area contributed by atoms with Gasteiger partial charge >= 0.3 is 0 Å². The number of likely N-dealkylation sites (tertiary alicyclic amines) is 1. The molecule has 2 atom stereocenters. The van der Waals surface area contributed by atoms with Gasteiger partial charge in [-0.1, -0.05) is 27.7 Å². The number of hydrogen-bond donors (Lipinski definition) is 1. The maximum Gasteiger partial charge on any atom is 0.222 e. The molecule has 1 aliphatic heterocycles. The van der Waals surface area contributed by atoms with Crippen molar-refractivity contribution >= 4 is 18.3 Å². The van der Waals surface area contributed by atoms with Gasteiger partial charge in [0.2, 0.25) is 5.91 Å². The molecule has 0 bridgehead atoms. The second-order valence-corrected chi connectivity index (χ2v) is 5.86. The van der Waals surface area contributed by atoms with Gasteiger partial charge in [0, 0.05) is 25.6 Å². The number of carbonyl (C=O) groups is 1. The van der Waals surface area contributed by atoms with Crippen LogP contribution in [0.1, 0.15) is 40.5 Å². The van der Waals surface area contributed by atoms with Crippen molar-refractivity contribution in [3.05, 3.63) is 0 Å². The van der Waals surface area contributed by atoms with Gasteiger partial charge in [-0.05, 0) is 17.8 Å². The molecule has 1 heterocycles. The Morgan fingerprint density at radius 2 is 2.06 bits per heavy atom. The van der Waals surface area contributed by atoms with E-state index in [-0.39, 0.29) is 29.8 Å². The first kappa shape index (κ1) is 15.7. The number of carbonyl (C=O) groups excluding carboxylic acids is 1. The van der Waals surface area contributed by atoms with E-state index < -0.39 is 0 Å². The molecule has 3 nitrogen and oxygen atoms in total. The van der Waals surface area contributed by atoms with Crippen LogP contribution >= 0.6 is 12.4 Å². The van der Waals surface area contributed by atoms with Crippen LogP contribution in [0.3, 0.4) is 0 Å². The Hall–Kier alpha value is -0.280. The van der Waals surface area contributed by atoms with E-state index in [1.807, 2.05) is 4.90 Å². The molecule has 4 heteroatoms. The van der Waals surface area contributed by atoms with Gasteiger partial charge in [-0.3, -0.25) is 4.79 Å². The zero-order valence-electron chi connectivity index (χ0n) is 10.8. The Balaban J connectivity index is 0.00000225. The fourth-order valence-electron chi connectivity index (χ4n) is 1.71. The minimum atomic E-state index is 0. The smallest absolute Gasteiger partial charge is 0.222 e. The average Bonchev–Trinajstić information content (AvgIpc) is 2.50. The first-order valence-electron chi connectivity index (χ1n) is 5.84. The van der Waals surface area contributed by atoms with Gasteiger partial charge < -0.3 is 10.6 Å². The molecule has 1 unspecified atom stereocenters. The molecule has 1 aliphatic rings. The first-order valence-corrected chi connectivity index (χ1v) is 5.84. The highest BCUT2D eigenvalue weighted by atomic mass is 35.5. The van der Waals surface area contributed by atoms with Crippen molar-refractivity contribution < 1.29 is 4.79 Å². The van der Waals surface area contributed by atoms with Crippen molar-refractivity contribution in [3.63, 3.8) is 0 Å². The lowest BCUT2D eigenvalue weighted by molar-refractivity contribution is -0.131. The highest BCUT2D eigenvalue weighted by Gasteiger charge is 2.28. The van der Waals surface area contributed by atoms with Crippen LogP contribution in [-0.2, 0) is 4.79 Å². The number of nitrogens with two attached hydrogens (primary N) is 1. The molecule has 0 aromatic heterocycles. The van der Waals surface area contributed by atoms with E-state index in [4.69, 9.17) is 5.73 Å². The van der Waals surface area contributed by atoms with Crippen LogP contribution in [0.2, 0.25) is 0 Å². The Morgan fingerprint density at radius 3 is 2.44 bits per heavy atom. The maximum atomic E-state index is 11.9. The molecule has 0 aliphatic carbocycles. The van der Waals surface area contributed by atoms with Crippen molar-refractivity contribution in [3.8, 4) is 0 Å². The third kappa shape index (κ3) is 4.30. The van der Waals surface area contributed by atoms with E-state index in [0.717, 1.165) is 19.5 Å². The number of rotatable bonds is 2. The molecule has 2 N–H and O–H groups in total. The molecular weight excluding hydrogens is 224 g/mol. The summed E-state index contributed by atoms with van der Waals surface area (Å²) >= 11 is 0. The lowest BCUT2D eigenvalue weighted by Crippen LogP contribution is -2.34. The number of amides is 1. The Bertz CT molecular complexity index is 238. The fraction of sp³-hybridized carbons (Fsp3) is 0.917. The van der Waals surface area contributed by atoms with Gasteiger partial charge in [0.1, 0.15) is 0 Å². The van der Waals surface area contributed by atoms with E-state index in [9.17, 15) is 4.79 Å². The van der Waals surface area contributed by atoms with Gasteiger partial charge in [0.25, 0.3) is 0 Å². The topological polar surface area (TPSA) is 46.3 Å². The van der Waals surface area contributed by atoms with Crippen molar-refractivity contribution in [2.45, 2.75) is 46.6 Å². The molecule has 0 aromatic carbocycles. The standard InChI is InChI=1S/C12H24N2O.ClH/c1-9(12(2,3)4)7-11(15)14-6-5-10(13)8-14;/h9-10H,5-8,13H2,1-4H3;1H/t9?,10-;/m1./s1. The predicted octanol–water partition coefficient (Wildman–Crippen LogP) is 2.04. The van der Waals surface area contributed by atoms with E-state index >= 15 is 0 Å². The van der Waals surface area contributed by atoms with E-state index in [1.54, 1.807) is 0 Å². The van der Waals surface area contributed by atoms with E-state index in [1.165, 1.54) is 0 Å².